The van der Waals surface area contributed by atoms with Gasteiger partial charge in [0.05, 0.1) is 0 Å². The number of amidine groups is 1. The summed E-state index contributed by atoms with van der Waals surface area (Å²) < 4.78 is 7.90. The average molecular weight is 258 g/mol. The number of benzene rings is 2. The van der Waals surface area contributed by atoms with Crippen molar-refractivity contribution >= 4 is 28.8 Å². The molecular weight excluding hydrogens is 244 g/mol. The summed E-state index contributed by atoms with van der Waals surface area (Å²) in [5.74, 6) is 1.32. The molecule has 0 aromatic heterocycles. The van der Waals surface area contributed by atoms with Crippen molar-refractivity contribution in [3.05, 3.63) is 48.0 Å². The van der Waals surface area contributed by atoms with Crippen LogP contribution < -0.4 is 4.72 Å². The Morgan fingerprint density at radius 2 is 2.06 bits per heavy atom. The van der Waals surface area contributed by atoms with Crippen LogP contribution in [0.4, 0.5) is 0 Å². The van der Waals surface area contributed by atoms with Crippen molar-refractivity contribution in [2.45, 2.75) is 19.3 Å². The molecule has 1 aliphatic rings. The van der Waals surface area contributed by atoms with E-state index in [1.165, 1.54) is 28.6 Å². The molecule has 18 heavy (non-hydrogen) atoms. The summed E-state index contributed by atoms with van der Waals surface area (Å²) in [5.41, 5.74) is 1.33. The number of rotatable bonds is 3. The van der Waals surface area contributed by atoms with Crippen LogP contribution in [0.2, 0.25) is 0 Å². The monoisotopic (exact) mass is 258 g/mol. The molecule has 3 rings (SSSR count). The minimum Gasteiger partial charge on any atom is -0.297 e. The third-order valence-corrected chi connectivity index (χ3v) is 3.65. The zero-order chi connectivity index (χ0) is 12.4. The average Bonchev–Trinajstić information content (AvgIpc) is 2.91. The second-order valence-electron chi connectivity index (χ2n) is 4.51. The highest BCUT2D eigenvalue weighted by Gasteiger charge is 2.14. The van der Waals surface area contributed by atoms with Gasteiger partial charge >= 0.3 is 0 Å². The molecule has 0 amide bonds. The molecule has 3 nitrogen and oxygen atoms in total. The fourth-order valence-corrected chi connectivity index (χ4v) is 2.53. The molecule has 0 fully saturated rings. The molecule has 1 heterocycles. The van der Waals surface area contributed by atoms with Gasteiger partial charge in [-0.1, -0.05) is 54.5 Å². The van der Waals surface area contributed by atoms with Crippen LogP contribution >= 0.6 is 12.2 Å². The van der Waals surface area contributed by atoms with Crippen LogP contribution in [0.5, 0.6) is 0 Å². The Bertz CT molecular complexity index is 597. The lowest BCUT2D eigenvalue weighted by Crippen LogP contribution is -2.13. The minimum atomic E-state index is 0.420. The molecule has 1 N–H and O–H groups in total. The van der Waals surface area contributed by atoms with E-state index in [0.717, 1.165) is 12.3 Å². The van der Waals surface area contributed by atoms with Crippen LogP contribution in [0, 0.1) is 0 Å². The van der Waals surface area contributed by atoms with Crippen molar-refractivity contribution in [3.63, 3.8) is 0 Å². The molecule has 1 unspecified atom stereocenters. The Balaban J connectivity index is 1.84. The predicted molar refractivity (Wildman–Crippen MR) is 76.2 cm³/mol. The highest BCUT2D eigenvalue weighted by atomic mass is 32.2. The van der Waals surface area contributed by atoms with E-state index in [2.05, 4.69) is 59.3 Å². The Morgan fingerprint density at radius 1 is 1.22 bits per heavy atom. The van der Waals surface area contributed by atoms with Crippen molar-refractivity contribution in [2.24, 2.45) is 5.16 Å². The van der Waals surface area contributed by atoms with Crippen LogP contribution in [-0.4, -0.2) is 5.84 Å². The lowest BCUT2D eigenvalue weighted by atomic mass is 9.95. The fraction of sp³-hybridized carbons (Fsp3) is 0.214. The normalized spacial score (nSPS) is 15.9. The van der Waals surface area contributed by atoms with Gasteiger partial charge < -0.3 is 0 Å². The van der Waals surface area contributed by atoms with E-state index in [-0.39, 0.29) is 0 Å². The van der Waals surface area contributed by atoms with E-state index in [4.69, 9.17) is 4.28 Å². The van der Waals surface area contributed by atoms with Crippen LogP contribution in [-0.2, 0) is 4.28 Å². The minimum absolute atomic E-state index is 0.420. The molecule has 92 valence electrons. The van der Waals surface area contributed by atoms with Gasteiger partial charge in [-0.25, -0.2) is 0 Å². The fourth-order valence-electron chi connectivity index (χ4n) is 2.15. The van der Waals surface area contributed by atoms with Crippen molar-refractivity contribution < 1.29 is 4.28 Å². The molecule has 0 saturated heterocycles. The van der Waals surface area contributed by atoms with E-state index in [0.29, 0.717) is 5.92 Å². The Kier molecular flexibility index (Phi) is 3.11. The Hall–Kier alpha value is -1.68. The molecule has 0 spiro atoms. The van der Waals surface area contributed by atoms with Crippen molar-refractivity contribution in [2.75, 3.05) is 0 Å². The highest BCUT2D eigenvalue weighted by Crippen LogP contribution is 2.25. The molecule has 2 aromatic rings. The van der Waals surface area contributed by atoms with E-state index >= 15 is 0 Å². The van der Waals surface area contributed by atoms with Crippen LogP contribution in [0.25, 0.3) is 10.8 Å². The van der Waals surface area contributed by atoms with E-state index in [1.807, 2.05) is 0 Å². The Labute approximate surface area is 111 Å². The first kappa shape index (κ1) is 11.4. The van der Waals surface area contributed by atoms with Crippen LogP contribution in [0.15, 0.2) is 47.6 Å². The van der Waals surface area contributed by atoms with E-state index in [1.54, 1.807) is 0 Å². The smallest absolute Gasteiger partial charge is 0.208 e. The molecule has 1 aliphatic heterocycles. The topological polar surface area (TPSA) is 33.6 Å². The van der Waals surface area contributed by atoms with Crippen LogP contribution in [0.1, 0.15) is 24.8 Å². The van der Waals surface area contributed by atoms with Gasteiger partial charge in [0.1, 0.15) is 0 Å². The number of nitrogens with zero attached hydrogens (tertiary/aromatic N) is 1. The van der Waals surface area contributed by atoms with Gasteiger partial charge in [-0.15, -0.1) is 0 Å². The first-order valence-corrected chi connectivity index (χ1v) is 6.71. The van der Waals surface area contributed by atoms with Gasteiger partial charge in [-0.05, 0) is 22.3 Å². The van der Waals surface area contributed by atoms with Gasteiger partial charge in [0.2, 0.25) is 12.2 Å². The SMILES string of the molecule is CC(CC1=NOSN1)c1ccc2ccccc2c1. The molecule has 0 radical (unpaired) electrons. The molecule has 0 bridgehead atoms. The van der Waals surface area contributed by atoms with E-state index < -0.39 is 0 Å². The van der Waals surface area contributed by atoms with Gasteiger partial charge in [-0.2, -0.15) is 0 Å². The summed E-state index contributed by atoms with van der Waals surface area (Å²) in [6.45, 7) is 2.21. The number of oxime groups is 1. The van der Waals surface area contributed by atoms with Gasteiger partial charge in [0, 0.05) is 6.42 Å². The van der Waals surface area contributed by atoms with E-state index in [9.17, 15) is 0 Å². The number of hydrogen-bond donors (Lipinski definition) is 1. The molecule has 4 heteroatoms. The molecule has 2 aromatic carbocycles. The van der Waals surface area contributed by atoms with Crippen molar-refractivity contribution in [1.82, 2.24) is 4.72 Å². The number of nitrogens with one attached hydrogen (secondary N) is 1. The number of fused-ring (bicyclic) bond motifs is 1. The summed E-state index contributed by atoms with van der Waals surface area (Å²) in [5, 5.41) is 6.50. The zero-order valence-electron chi connectivity index (χ0n) is 10.1. The maximum Gasteiger partial charge on any atom is 0.208 e. The maximum atomic E-state index is 4.86. The van der Waals surface area contributed by atoms with Gasteiger partial charge in [0.15, 0.2) is 5.84 Å². The zero-order valence-corrected chi connectivity index (χ0v) is 10.9. The third kappa shape index (κ3) is 2.29. The highest BCUT2D eigenvalue weighted by molar-refractivity contribution is 7.93. The molecule has 0 saturated carbocycles. The second kappa shape index (κ2) is 4.90. The van der Waals surface area contributed by atoms with Gasteiger partial charge in [0.25, 0.3) is 0 Å². The number of hydrogen-bond acceptors (Lipinski definition) is 4. The quantitative estimate of drug-likeness (QED) is 0.671. The summed E-state index contributed by atoms with van der Waals surface area (Å²) in [7, 11) is 0. The maximum absolute atomic E-state index is 4.86. The van der Waals surface area contributed by atoms with Crippen molar-refractivity contribution in [1.29, 1.82) is 0 Å². The molecule has 1 atom stereocenters. The largest absolute Gasteiger partial charge is 0.297 e. The Morgan fingerprint density at radius 3 is 2.83 bits per heavy atom. The lowest BCUT2D eigenvalue weighted by molar-refractivity contribution is 0.414. The van der Waals surface area contributed by atoms with Crippen molar-refractivity contribution in [3.8, 4) is 0 Å². The summed E-state index contributed by atoms with van der Waals surface area (Å²) in [6, 6.07) is 15.0. The molecular formula is C14H14N2OS. The third-order valence-electron chi connectivity index (χ3n) is 3.19. The standard InChI is InChI=1S/C14H14N2OS/c1-10(8-14-15-17-18-16-14)12-7-6-11-4-2-3-5-13(11)9-12/h2-7,9-10H,8H2,1H3,(H,15,16). The first-order valence-electron chi connectivity index (χ1n) is 5.97. The summed E-state index contributed by atoms with van der Waals surface area (Å²) in [6.07, 6.45) is 0.866. The summed E-state index contributed by atoms with van der Waals surface area (Å²) in [4.78, 5) is 0. The molecule has 0 aliphatic carbocycles. The van der Waals surface area contributed by atoms with Crippen LogP contribution in [0.3, 0.4) is 0 Å². The first-order chi connectivity index (χ1) is 8.83. The van der Waals surface area contributed by atoms with Gasteiger partial charge in [-0.3, -0.25) is 9.01 Å². The second-order valence-corrected chi connectivity index (χ2v) is 5.03. The lowest BCUT2D eigenvalue weighted by Gasteiger charge is -2.11. The summed E-state index contributed by atoms with van der Waals surface area (Å²) >= 11 is 1.17. The predicted octanol–water partition coefficient (Wildman–Crippen LogP) is 3.83.